The number of halogens is 1. The number of hydrogen-bond donors (Lipinski definition) is 2. The smallest absolute Gasteiger partial charge is 0.328 e. The van der Waals surface area contributed by atoms with Gasteiger partial charge in [-0.25, -0.2) is 4.79 Å². The van der Waals surface area contributed by atoms with Crippen LogP contribution in [0.25, 0.3) is 0 Å². The molecule has 0 aromatic heterocycles. The summed E-state index contributed by atoms with van der Waals surface area (Å²) in [4.78, 5) is 24.3. The van der Waals surface area contributed by atoms with E-state index in [1.165, 1.54) is 7.11 Å². The van der Waals surface area contributed by atoms with E-state index in [2.05, 4.69) is 5.32 Å². The summed E-state index contributed by atoms with van der Waals surface area (Å²) in [5.41, 5.74) is 0.448. The van der Waals surface area contributed by atoms with Gasteiger partial charge in [0.15, 0.2) is 0 Å². The number of hydrogen-bond acceptors (Lipinski definition) is 4. The van der Waals surface area contributed by atoms with E-state index in [-0.39, 0.29) is 17.9 Å². The maximum atomic E-state index is 12.3. The van der Waals surface area contributed by atoms with Crippen molar-refractivity contribution in [3.63, 3.8) is 0 Å². The number of ether oxygens (including phenoxy) is 1. The second-order valence-corrected chi connectivity index (χ2v) is 6.45. The van der Waals surface area contributed by atoms with Crippen molar-refractivity contribution in [2.45, 2.75) is 25.0 Å². The van der Waals surface area contributed by atoms with E-state index in [0.717, 1.165) is 0 Å². The molecule has 2 N–H and O–H groups in total. The van der Waals surface area contributed by atoms with Gasteiger partial charge in [0.2, 0.25) is 0 Å². The predicted octanol–water partition coefficient (Wildman–Crippen LogP) is 1.63. The fourth-order valence-electron chi connectivity index (χ4n) is 3.62. The van der Waals surface area contributed by atoms with Crippen LogP contribution >= 0.6 is 11.6 Å². The van der Waals surface area contributed by atoms with Crippen LogP contribution in [0.4, 0.5) is 0 Å². The topological polar surface area (TPSA) is 75.6 Å². The van der Waals surface area contributed by atoms with Crippen LogP contribution in [-0.2, 0) is 9.53 Å². The molecule has 2 saturated carbocycles. The average Bonchev–Trinajstić information content (AvgIpc) is 3.00. The first-order valence-electron chi connectivity index (χ1n) is 7.33. The van der Waals surface area contributed by atoms with Crippen molar-refractivity contribution in [2.24, 2.45) is 17.8 Å². The highest BCUT2D eigenvalue weighted by Gasteiger charge is 2.60. The number of carbonyl (C=O) groups is 2. The molecule has 0 radical (unpaired) electrons. The lowest BCUT2D eigenvalue weighted by Crippen LogP contribution is -2.44. The molecule has 2 aliphatic carbocycles. The maximum Gasteiger partial charge on any atom is 0.328 e. The fourth-order valence-corrected chi connectivity index (χ4v) is 3.75. The van der Waals surface area contributed by atoms with Gasteiger partial charge in [0.25, 0.3) is 5.91 Å². The van der Waals surface area contributed by atoms with Crippen LogP contribution in [0.3, 0.4) is 0 Å². The van der Waals surface area contributed by atoms with Gasteiger partial charge in [0.1, 0.15) is 6.04 Å². The van der Waals surface area contributed by atoms with Crippen molar-refractivity contribution in [2.75, 3.05) is 7.11 Å². The zero-order valence-electron chi connectivity index (χ0n) is 12.2. The van der Waals surface area contributed by atoms with E-state index in [4.69, 9.17) is 16.3 Å². The van der Waals surface area contributed by atoms with Crippen LogP contribution in [0, 0.1) is 17.8 Å². The van der Waals surface area contributed by atoms with E-state index in [9.17, 15) is 14.7 Å². The summed E-state index contributed by atoms with van der Waals surface area (Å²) in [5.74, 6) is -0.102. The molecular weight excluding hydrogens is 306 g/mol. The van der Waals surface area contributed by atoms with Crippen LogP contribution < -0.4 is 5.32 Å². The summed E-state index contributed by atoms with van der Waals surface area (Å²) >= 11 is 5.80. The number of benzene rings is 1. The number of amides is 1. The lowest BCUT2D eigenvalue weighted by molar-refractivity contribution is -0.143. The molecule has 0 bridgehead atoms. The second-order valence-electron chi connectivity index (χ2n) is 6.01. The Hall–Kier alpha value is -1.59. The molecule has 1 unspecified atom stereocenters. The van der Waals surface area contributed by atoms with Gasteiger partial charge in [-0.3, -0.25) is 4.79 Å². The Labute approximate surface area is 133 Å². The Kier molecular flexibility index (Phi) is 4.10. The molecule has 1 aromatic carbocycles. The van der Waals surface area contributed by atoms with Gasteiger partial charge in [0.05, 0.1) is 13.2 Å². The number of fused-ring (bicyclic) bond motifs is 1. The highest BCUT2D eigenvalue weighted by Crippen LogP contribution is 2.59. The summed E-state index contributed by atoms with van der Waals surface area (Å²) in [7, 11) is 1.32. The molecule has 118 valence electrons. The quantitative estimate of drug-likeness (QED) is 0.826. The fraction of sp³-hybridized carbons (Fsp3) is 0.500. The molecule has 0 aliphatic heterocycles. The minimum absolute atomic E-state index is 0.0621. The number of rotatable bonds is 4. The van der Waals surface area contributed by atoms with E-state index in [1.54, 1.807) is 24.3 Å². The molecule has 1 aromatic rings. The maximum absolute atomic E-state index is 12.3. The third kappa shape index (κ3) is 2.83. The Bertz CT molecular complexity index is 576. The van der Waals surface area contributed by atoms with E-state index < -0.39 is 12.0 Å². The third-order valence-corrected chi connectivity index (χ3v) is 4.97. The van der Waals surface area contributed by atoms with Crippen LogP contribution in [-0.4, -0.2) is 36.2 Å². The first kappa shape index (κ1) is 15.3. The number of esters is 1. The van der Waals surface area contributed by atoms with Gasteiger partial charge in [0, 0.05) is 10.6 Å². The van der Waals surface area contributed by atoms with Gasteiger partial charge in [-0.1, -0.05) is 11.6 Å². The van der Waals surface area contributed by atoms with Crippen molar-refractivity contribution < 1.29 is 19.4 Å². The number of nitrogens with one attached hydrogen (secondary N) is 1. The SMILES string of the molecule is COC(=O)C(NC(=O)c1ccc(Cl)cc1)[C@H]1[C@@H]2C[C@@H](O)C[C@@H]21. The molecule has 3 rings (SSSR count). The minimum atomic E-state index is -0.657. The van der Waals surface area contributed by atoms with Gasteiger partial charge in [-0.05, 0) is 54.9 Å². The summed E-state index contributed by atoms with van der Waals surface area (Å²) in [6.07, 6.45) is 1.11. The first-order chi connectivity index (χ1) is 10.5. The summed E-state index contributed by atoms with van der Waals surface area (Å²) in [6.45, 7) is 0. The average molecular weight is 324 g/mol. The van der Waals surface area contributed by atoms with E-state index in [1.807, 2.05) is 0 Å². The molecule has 6 heteroatoms. The summed E-state index contributed by atoms with van der Waals surface area (Å²) < 4.78 is 4.82. The number of methoxy groups -OCH3 is 1. The second kappa shape index (κ2) is 5.89. The van der Waals surface area contributed by atoms with Gasteiger partial charge < -0.3 is 15.2 Å². The van der Waals surface area contributed by atoms with E-state index in [0.29, 0.717) is 35.3 Å². The first-order valence-corrected chi connectivity index (χ1v) is 7.71. The number of aliphatic hydroxyl groups excluding tert-OH is 1. The van der Waals surface area contributed by atoms with Crippen LogP contribution in [0.2, 0.25) is 5.02 Å². The van der Waals surface area contributed by atoms with Gasteiger partial charge >= 0.3 is 5.97 Å². The molecular formula is C16H18ClNO4. The van der Waals surface area contributed by atoms with E-state index >= 15 is 0 Å². The molecule has 2 fully saturated rings. The lowest BCUT2D eigenvalue weighted by Gasteiger charge is -2.19. The molecule has 1 amide bonds. The Morgan fingerprint density at radius 3 is 2.41 bits per heavy atom. The van der Waals surface area contributed by atoms with Gasteiger partial charge in [-0.15, -0.1) is 0 Å². The third-order valence-electron chi connectivity index (χ3n) is 4.72. The Balaban J connectivity index is 1.70. The van der Waals surface area contributed by atoms with Crippen LogP contribution in [0.1, 0.15) is 23.2 Å². The highest BCUT2D eigenvalue weighted by molar-refractivity contribution is 6.30. The molecule has 5 atom stereocenters. The van der Waals surface area contributed by atoms with Crippen molar-refractivity contribution in [1.82, 2.24) is 5.32 Å². The molecule has 2 aliphatic rings. The van der Waals surface area contributed by atoms with Gasteiger partial charge in [-0.2, -0.15) is 0 Å². The predicted molar refractivity (Wildman–Crippen MR) is 80.4 cm³/mol. The monoisotopic (exact) mass is 323 g/mol. The highest BCUT2D eigenvalue weighted by atomic mass is 35.5. The van der Waals surface area contributed by atoms with Crippen molar-refractivity contribution in [1.29, 1.82) is 0 Å². The van der Waals surface area contributed by atoms with Crippen LogP contribution in [0.15, 0.2) is 24.3 Å². The molecule has 22 heavy (non-hydrogen) atoms. The van der Waals surface area contributed by atoms with Crippen molar-refractivity contribution in [3.8, 4) is 0 Å². The largest absolute Gasteiger partial charge is 0.467 e. The minimum Gasteiger partial charge on any atom is -0.467 e. The van der Waals surface area contributed by atoms with Crippen molar-refractivity contribution >= 4 is 23.5 Å². The lowest BCUT2D eigenvalue weighted by atomic mass is 10.0. The molecule has 0 saturated heterocycles. The standard InChI is InChI=1S/C16H18ClNO4/c1-22-16(21)14(13-11-6-10(19)7-12(11)13)18-15(20)8-2-4-9(17)5-3-8/h2-5,10-14,19H,6-7H2,1H3,(H,18,20)/t10-,11-,12+,13+,14?. The normalized spacial score (nSPS) is 30.3. The summed E-state index contributed by atoms with van der Waals surface area (Å²) in [5, 5.41) is 12.9. The number of carbonyl (C=O) groups excluding carboxylic acids is 2. The summed E-state index contributed by atoms with van der Waals surface area (Å²) in [6, 6.07) is 5.83. The Morgan fingerprint density at radius 1 is 1.27 bits per heavy atom. The van der Waals surface area contributed by atoms with Crippen molar-refractivity contribution in [3.05, 3.63) is 34.9 Å². The van der Waals surface area contributed by atoms with Crippen LogP contribution in [0.5, 0.6) is 0 Å². The molecule has 5 nitrogen and oxygen atoms in total. The zero-order valence-corrected chi connectivity index (χ0v) is 12.9. The zero-order chi connectivity index (χ0) is 15.9. The Morgan fingerprint density at radius 2 is 1.86 bits per heavy atom. The molecule has 0 spiro atoms. The molecule has 0 heterocycles. The number of aliphatic hydroxyl groups is 1.